The lowest BCUT2D eigenvalue weighted by atomic mass is 10.2. The molecule has 0 aliphatic heterocycles. The lowest BCUT2D eigenvalue weighted by Crippen LogP contribution is -2.12. The molecule has 0 bridgehead atoms. The van der Waals surface area contributed by atoms with E-state index in [1.807, 2.05) is 19.9 Å². The SMILES string of the molecule is CCc1sc(C(=O)Nc2ccc(F)c(NC(C)=O)c2)cc1C. The maximum atomic E-state index is 13.6. The van der Waals surface area contributed by atoms with Gasteiger partial charge in [0.15, 0.2) is 0 Å². The Bertz CT molecular complexity index is 725. The molecule has 2 N–H and O–H groups in total. The van der Waals surface area contributed by atoms with Crippen molar-refractivity contribution in [3.8, 4) is 0 Å². The predicted molar refractivity (Wildman–Crippen MR) is 87.1 cm³/mol. The molecule has 0 saturated carbocycles. The summed E-state index contributed by atoms with van der Waals surface area (Å²) in [5, 5.41) is 5.10. The molecule has 0 saturated heterocycles. The highest BCUT2D eigenvalue weighted by atomic mass is 32.1. The highest BCUT2D eigenvalue weighted by Crippen LogP contribution is 2.24. The number of halogens is 1. The maximum absolute atomic E-state index is 13.6. The summed E-state index contributed by atoms with van der Waals surface area (Å²) in [4.78, 5) is 25.0. The fourth-order valence-electron chi connectivity index (χ4n) is 2.06. The van der Waals surface area contributed by atoms with E-state index in [0.29, 0.717) is 10.6 Å². The van der Waals surface area contributed by atoms with Crippen molar-refractivity contribution in [2.45, 2.75) is 27.2 Å². The fraction of sp³-hybridized carbons (Fsp3) is 0.250. The zero-order valence-electron chi connectivity index (χ0n) is 12.6. The minimum atomic E-state index is -0.548. The first-order valence-electron chi connectivity index (χ1n) is 6.88. The second kappa shape index (κ2) is 6.70. The van der Waals surface area contributed by atoms with E-state index in [-0.39, 0.29) is 17.5 Å². The molecule has 6 heteroatoms. The number of amides is 2. The molecule has 1 aromatic heterocycles. The van der Waals surface area contributed by atoms with E-state index in [9.17, 15) is 14.0 Å². The highest BCUT2D eigenvalue weighted by Gasteiger charge is 2.13. The summed E-state index contributed by atoms with van der Waals surface area (Å²) in [6, 6.07) is 5.91. The average molecular weight is 320 g/mol. The number of benzene rings is 1. The van der Waals surface area contributed by atoms with Gasteiger partial charge in [-0.25, -0.2) is 4.39 Å². The van der Waals surface area contributed by atoms with E-state index in [0.717, 1.165) is 12.0 Å². The molecule has 0 aliphatic carbocycles. The van der Waals surface area contributed by atoms with Crippen LogP contribution in [0.15, 0.2) is 24.3 Å². The molecule has 2 rings (SSSR count). The van der Waals surface area contributed by atoms with Gasteiger partial charge in [-0.05, 0) is 43.2 Å². The van der Waals surface area contributed by atoms with Crippen molar-refractivity contribution in [2.24, 2.45) is 0 Å². The molecule has 0 atom stereocenters. The molecule has 22 heavy (non-hydrogen) atoms. The van der Waals surface area contributed by atoms with Gasteiger partial charge in [0.1, 0.15) is 5.82 Å². The Morgan fingerprint density at radius 3 is 2.55 bits per heavy atom. The molecule has 1 heterocycles. The molecule has 0 aliphatic rings. The van der Waals surface area contributed by atoms with Crippen LogP contribution in [0.3, 0.4) is 0 Å². The van der Waals surface area contributed by atoms with Crippen LogP contribution in [0, 0.1) is 12.7 Å². The molecule has 2 aromatic rings. The Morgan fingerprint density at radius 2 is 1.95 bits per heavy atom. The van der Waals surface area contributed by atoms with Crippen molar-refractivity contribution >= 4 is 34.5 Å². The van der Waals surface area contributed by atoms with Crippen molar-refractivity contribution < 1.29 is 14.0 Å². The van der Waals surface area contributed by atoms with E-state index >= 15 is 0 Å². The Balaban J connectivity index is 2.19. The zero-order chi connectivity index (χ0) is 16.3. The lowest BCUT2D eigenvalue weighted by molar-refractivity contribution is -0.114. The Kier molecular flexibility index (Phi) is 4.92. The van der Waals surface area contributed by atoms with Crippen LogP contribution in [-0.4, -0.2) is 11.8 Å². The number of rotatable bonds is 4. The van der Waals surface area contributed by atoms with Crippen molar-refractivity contribution in [1.82, 2.24) is 0 Å². The lowest BCUT2D eigenvalue weighted by Gasteiger charge is -2.08. The monoisotopic (exact) mass is 320 g/mol. The molecule has 116 valence electrons. The number of carbonyl (C=O) groups is 2. The van der Waals surface area contributed by atoms with Crippen molar-refractivity contribution in [2.75, 3.05) is 10.6 Å². The number of hydrogen-bond donors (Lipinski definition) is 2. The molecule has 0 radical (unpaired) electrons. The third kappa shape index (κ3) is 3.71. The Hall–Kier alpha value is -2.21. The van der Waals surface area contributed by atoms with Crippen molar-refractivity contribution in [1.29, 1.82) is 0 Å². The average Bonchev–Trinajstić information content (AvgIpc) is 2.83. The van der Waals surface area contributed by atoms with Gasteiger partial charge < -0.3 is 10.6 Å². The van der Waals surface area contributed by atoms with Gasteiger partial charge in [0, 0.05) is 17.5 Å². The van der Waals surface area contributed by atoms with E-state index in [4.69, 9.17) is 0 Å². The Morgan fingerprint density at radius 1 is 1.23 bits per heavy atom. The summed E-state index contributed by atoms with van der Waals surface area (Å²) in [5.41, 5.74) is 1.57. The van der Waals surface area contributed by atoms with E-state index in [1.165, 1.54) is 41.3 Å². The van der Waals surface area contributed by atoms with Crippen LogP contribution >= 0.6 is 11.3 Å². The molecular formula is C16H17FN2O2S. The number of thiophene rings is 1. The molecule has 0 unspecified atom stereocenters. The maximum Gasteiger partial charge on any atom is 0.265 e. The topological polar surface area (TPSA) is 58.2 Å². The quantitative estimate of drug-likeness (QED) is 0.895. The Labute approximate surface area is 132 Å². The summed E-state index contributed by atoms with van der Waals surface area (Å²) in [7, 11) is 0. The van der Waals surface area contributed by atoms with E-state index < -0.39 is 5.82 Å². The van der Waals surface area contributed by atoms with Crippen molar-refractivity contribution in [3.63, 3.8) is 0 Å². The largest absolute Gasteiger partial charge is 0.324 e. The highest BCUT2D eigenvalue weighted by molar-refractivity contribution is 7.14. The zero-order valence-corrected chi connectivity index (χ0v) is 13.4. The van der Waals surface area contributed by atoms with Crippen LogP contribution in [-0.2, 0) is 11.2 Å². The summed E-state index contributed by atoms with van der Waals surface area (Å²) in [6.07, 6.45) is 0.882. The summed E-state index contributed by atoms with van der Waals surface area (Å²) in [6.45, 7) is 5.31. The van der Waals surface area contributed by atoms with Gasteiger partial charge in [-0.15, -0.1) is 11.3 Å². The normalized spacial score (nSPS) is 10.4. The number of nitrogens with one attached hydrogen (secondary N) is 2. The van der Waals surface area contributed by atoms with Gasteiger partial charge in [-0.1, -0.05) is 6.92 Å². The summed E-state index contributed by atoms with van der Waals surface area (Å²) in [5.74, 6) is -1.16. The van der Waals surface area contributed by atoms with Crippen LogP contribution in [0.4, 0.5) is 15.8 Å². The molecular weight excluding hydrogens is 303 g/mol. The third-order valence-corrected chi connectivity index (χ3v) is 4.48. The molecule has 0 fully saturated rings. The standard InChI is InChI=1S/C16H17FN2O2S/c1-4-14-9(2)7-15(22-14)16(21)19-11-5-6-12(17)13(8-11)18-10(3)20/h5-8H,4H2,1-3H3,(H,18,20)(H,19,21). The van der Waals surface area contributed by atoms with Crippen molar-refractivity contribution in [3.05, 3.63) is 45.4 Å². The van der Waals surface area contributed by atoms with Gasteiger partial charge >= 0.3 is 0 Å². The van der Waals surface area contributed by atoms with E-state index in [1.54, 1.807) is 0 Å². The van der Waals surface area contributed by atoms with Gasteiger partial charge in [-0.3, -0.25) is 9.59 Å². The minimum absolute atomic E-state index is 0.0434. The first kappa shape index (κ1) is 16.2. The van der Waals surface area contributed by atoms with Gasteiger partial charge in [0.05, 0.1) is 10.6 Å². The van der Waals surface area contributed by atoms with Gasteiger partial charge in [0.25, 0.3) is 5.91 Å². The van der Waals surface area contributed by atoms with Gasteiger partial charge in [0.2, 0.25) is 5.91 Å². The third-order valence-electron chi connectivity index (χ3n) is 3.10. The number of hydrogen-bond acceptors (Lipinski definition) is 3. The van der Waals surface area contributed by atoms with Crippen LogP contribution in [0.1, 0.15) is 34.0 Å². The number of anilines is 2. The van der Waals surface area contributed by atoms with E-state index in [2.05, 4.69) is 10.6 Å². The minimum Gasteiger partial charge on any atom is -0.324 e. The number of carbonyl (C=O) groups excluding carboxylic acids is 2. The van der Waals surface area contributed by atoms with Crippen LogP contribution in [0.2, 0.25) is 0 Å². The molecule has 0 spiro atoms. The molecule has 4 nitrogen and oxygen atoms in total. The molecule has 2 amide bonds. The second-order valence-corrected chi connectivity index (χ2v) is 6.04. The van der Waals surface area contributed by atoms with Crippen LogP contribution in [0.25, 0.3) is 0 Å². The first-order valence-corrected chi connectivity index (χ1v) is 7.70. The smallest absolute Gasteiger partial charge is 0.265 e. The first-order chi connectivity index (χ1) is 10.4. The van der Waals surface area contributed by atoms with Crippen LogP contribution in [0.5, 0.6) is 0 Å². The summed E-state index contributed by atoms with van der Waals surface area (Å²) >= 11 is 1.45. The second-order valence-electron chi connectivity index (χ2n) is 4.90. The van der Waals surface area contributed by atoms with Crippen LogP contribution < -0.4 is 10.6 Å². The van der Waals surface area contributed by atoms with Gasteiger partial charge in [-0.2, -0.15) is 0 Å². The summed E-state index contributed by atoms with van der Waals surface area (Å²) < 4.78 is 13.6. The number of aryl methyl sites for hydroxylation is 2. The predicted octanol–water partition coefficient (Wildman–Crippen LogP) is 3.97. The molecule has 1 aromatic carbocycles. The fourth-order valence-corrected chi connectivity index (χ4v) is 3.07.